The first-order chi connectivity index (χ1) is 34.3. The summed E-state index contributed by atoms with van der Waals surface area (Å²) in [4.78, 5) is 106. The van der Waals surface area contributed by atoms with E-state index in [1.807, 2.05) is 0 Å². The monoisotopic (exact) mass is 1010 g/mol. The van der Waals surface area contributed by atoms with Crippen molar-refractivity contribution in [1.29, 1.82) is 0 Å². The zero-order chi connectivity index (χ0) is 52.6. The minimum atomic E-state index is -2.29. The van der Waals surface area contributed by atoms with Crippen LogP contribution in [0.25, 0.3) is 0 Å². The minimum Gasteiger partial charge on any atom is -0.506 e. The van der Waals surface area contributed by atoms with Crippen LogP contribution >= 0.6 is 0 Å². The number of nitrogens with two attached hydrogens (primary N) is 2. The van der Waals surface area contributed by atoms with Gasteiger partial charge in [0, 0.05) is 12.3 Å². The first kappa shape index (κ1) is 54.1. The van der Waals surface area contributed by atoms with Crippen molar-refractivity contribution in [3.05, 3.63) is 59.7 Å². The molecule has 72 heavy (non-hydrogen) atoms. The van der Waals surface area contributed by atoms with Gasteiger partial charge in [0.25, 0.3) is 0 Å². The molecule has 7 amide bonds. The third-order valence-electron chi connectivity index (χ3n) is 12.7. The van der Waals surface area contributed by atoms with Gasteiger partial charge in [0.2, 0.25) is 41.9 Å². The summed E-state index contributed by atoms with van der Waals surface area (Å²) in [5, 5.41) is 106. The molecule has 0 bridgehead atoms. The average Bonchev–Trinajstić information content (AvgIpc) is 3.99. The molecule has 0 aliphatic carbocycles. The maximum Gasteiger partial charge on any atom is 0.246 e. The van der Waals surface area contributed by atoms with Crippen LogP contribution in [0.4, 0.5) is 5.69 Å². The van der Waals surface area contributed by atoms with E-state index in [1.165, 1.54) is 18.2 Å². The number of carbonyl (C=O) groups excluding carboxylic acids is 7. The number of carbonyl (C=O) groups is 7. The molecule has 2 fully saturated rings. The molecule has 0 aromatic heterocycles. The Labute approximate surface area is 409 Å². The Morgan fingerprint density at radius 3 is 2.07 bits per heavy atom. The van der Waals surface area contributed by atoms with Crippen molar-refractivity contribution in [3.63, 3.8) is 0 Å². The highest BCUT2D eigenvalue weighted by Crippen LogP contribution is 2.29. The standard InChI is InChI=1S/C43H59N13O16/c1-17(19-5-3-2-4-6-19)28-38(69)50-21(10-18-7-8-25(60)20(9-18)49-16-59)37(68)54-29(31(62)22-11-47-42(44)52-22)40(71)55-30(39(70)51-23(14-57)36(67)46-13-27(61)53-28)32(63)24-12-48-43(45)56(24)41-35(66)34(65)33(64)26(15-58)72-41/h2-9,16-17,21-24,26,28-35,41,57-58,60,62-66H,10-15H2,1H3,(H2,45,48)(H,46,67)(H,49,59)(H,50,69)(H,51,70)(H,53,61)(H,54,68)(H,55,71)(H3,44,47,52). The lowest BCUT2D eigenvalue weighted by Gasteiger charge is -2.46. The number of phenolic OH excluding ortho intramolecular Hbond substituents is 1. The van der Waals surface area contributed by atoms with Gasteiger partial charge in [0.1, 0.15) is 72.6 Å². The molecule has 29 nitrogen and oxygen atoms in total. The van der Waals surface area contributed by atoms with Crippen LogP contribution in [0.2, 0.25) is 0 Å². The van der Waals surface area contributed by atoms with Gasteiger partial charge in [0.05, 0.1) is 50.6 Å². The van der Waals surface area contributed by atoms with E-state index in [2.05, 4.69) is 52.5 Å². The summed E-state index contributed by atoms with van der Waals surface area (Å²) >= 11 is 0. The van der Waals surface area contributed by atoms with Crippen LogP contribution in [0.15, 0.2) is 58.5 Å². The Morgan fingerprint density at radius 1 is 0.764 bits per heavy atom. The average molecular weight is 1010 g/mol. The Kier molecular flexibility index (Phi) is 17.9. The summed E-state index contributed by atoms with van der Waals surface area (Å²) in [6.07, 6.45) is -13.5. The second kappa shape index (κ2) is 23.8. The Balaban J connectivity index is 1.43. The second-order valence-corrected chi connectivity index (χ2v) is 17.4. The number of phenols is 1. The summed E-state index contributed by atoms with van der Waals surface area (Å²) in [7, 11) is 0. The van der Waals surface area contributed by atoms with Gasteiger partial charge in [-0.15, -0.1) is 0 Å². The molecule has 0 saturated carbocycles. The number of aliphatic imine (C=N–C) groups is 2. The first-order valence-electron chi connectivity index (χ1n) is 22.6. The van der Waals surface area contributed by atoms with Crippen molar-refractivity contribution in [1.82, 2.24) is 42.1 Å². The van der Waals surface area contributed by atoms with Crippen LogP contribution in [-0.4, -0.2) is 218 Å². The van der Waals surface area contributed by atoms with E-state index >= 15 is 0 Å². The number of aliphatic hydroxyl groups excluding tert-OH is 7. The third-order valence-corrected chi connectivity index (χ3v) is 12.7. The fourth-order valence-corrected chi connectivity index (χ4v) is 8.60. The molecule has 2 aromatic rings. The van der Waals surface area contributed by atoms with Gasteiger partial charge in [-0.2, -0.15) is 0 Å². The summed E-state index contributed by atoms with van der Waals surface area (Å²) in [5.41, 5.74) is 12.7. The Hall–Kier alpha value is -7.25. The number of hydrogen-bond donors (Lipinski definition) is 18. The predicted molar refractivity (Wildman–Crippen MR) is 247 cm³/mol. The Morgan fingerprint density at radius 2 is 1.42 bits per heavy atom. The lowest BCUT2D eigenvalue weighted by Crippen LogP contribution is -2.70. The fraction of sp³-hybridized carbons (Fsp3) is 0.512. The molecule has 6 rings (SSSR count). The number of amides is 7. The summed E-state index contributed by atoms with van der Waals surface area (Å²) < 4.78 is 5.66. The molecular weight excluding hydrogens is 955 g/mol. The zero-order valence-electron chi connectivity index (χ0n) is 38.4. The first-order valence-corrected chi connectivity index (χ1v) is 22.6. The quantitative estimate of drug-likeness (QED) is 0.0654. The number of benzene rings is 2. The van der Waals surface area contributed by atoms with Crippen LogP contribution in [0.3, 0.4) is 0 Å². The number of aliphatic hydroxyl groups is 7. The molecular formula is C43H59N13O16. The predicted octanol–water partition coefficient (Wildman–Crippen LogP) is -9.34. The van der Waals surface area contributed by atoms with Crippen molar-refractivity contribution in [2.75, 3.05) is 38.2 Å². The van der Waals surface area contributed by atoms with Gasteiger partial charge >= 0.3 is 0 Å². The third kappa shape index (κ3) is 12.3. The van der Waals surface area contributed by atoms with Crippen LogP contribution < -0.4 is 54.0 Å². The van der Waals surface area contributed by atoms with E-state index in [1.54, 1.807) is 37.3 Å². The number of hydrogen-bond acceptors (Lipinski definition) is 22. The molecule has 2 saturated heterocycles. The van der Waals surface area contributed by atoms with Crippen LogP contribution in [0.1, 0.15) is 24.0 Å². The lowest BCUT2D eigenvalue weighted by atomic mass is 9.92. The number of guanidine groups is 2. The molecule has 0 spiro atoms. The van der Waals surface area contributed by atoms with Crippen LogP contribution in [0, 0.1) is 0 Å². The summed E-state index contributed by atoms with van der Waals surface area (Å²) in [6, 6.07) is -0.178. The van der Waals surface area contributed by atoms with Crippen molar-refractivity contribution in [2.24, 2.45) is 21.5 Å². The molecule has 29 heteroatoms. The van der Waals surface area contributed by atoms with E-state index in [-0.39, 0.29) is 35.9 Å². The highest BCUT2D eigenvalue weighted by molar-refractivity contribution is 5.98. The van der Waals surface area contributed by atoms with E-state index in [0.717, 1.165) is 4.90 Å². The normalized spacial score (nSPS) is 31.3. The molecule has 392 valence electrons. The largest absolute Gasteiger partial charge is 0.506 e. The zero-order valence-corrected chi connectivity index (χ0v) is 38.4. The smallest absolute Gasteiger partial charge is 0.246 e. The SMILES string of the molecule is CC(c1ccccc1)C1NC(=O)CNC(=O)C(CO)NC(=O)C(C(O)C2CN=C(N)N2C2OC(CO)C(O)C(O)C2O)NC(=O)C(C(O)C2CN=C(N)N2)NC(=O)C(Cc2ccc(O)c(NC=O)c2)NC1=O. The van der Waals surface area contributed by atoms with E-state index in [4.69, 9.17) is 16.2 Å². The van der Waals surface area contributed by atoms with Crippen LogP contribution in [0.5, 0.6) is 5.75 Å². The molecule has 4 aliphatic heterocycles. The van der Waals surface area contributed by atoms with Crippen molar-refractivity contribution >= 4 is 59.5 Å². The second-order valence-electron chi connectivity index (χ2n) is 17.4. The molecule has 4 aliphatic rings. The van der Waals surface area contributed by atoms with Crippen molar-refractivity contribution in [3.8, 4) is 5.75 Å². The molecule has 0 radical (unpaired) electrons. The van der Waals surface area contributed by atoms with Crippen molar-refractivity contribution in [2.45, 2.75) is 104 Å². The van der Waals surface area contributed by atoms with Crippen LogP contribution in [-0.2, 0) is 44.7 Å². The number of aromatic hydroxyl groups is 1. The van der Waals surface area contributed by atoms with Crippen molar-refractivity contribution < 1.29 is 79.2 Å². The molecule has 15 unspecified atom stereocenters. The summed E-state index contributed by atoms with van der Waals surface area (Å²) in [5.74, 6) is -8.91. The molecule has 15 atom stereocenters. The lowest BCUT2D eigenvalue weighted by molar-refractivity contribution is -0.260. The van der Waals surface area contributed by atoms with Gasteiger partial charge in [-0.1, -0.05) is 43.3 Å². The maximum atomic E-state index is 14.8. The maximum absolute atomic E-state index is 14.8. The molecule has 4 heterocycles. The van der Waals surface area contributed by atoms with E-state index < -0.39 is 165 Å². The van der Waals surface area contributed by atoms with Gasteiger partial charge < -0.3 is 104 Å². The highest BCUT2D eigenvalue weighted by atomic mass is 16.6. The van der Waals surface area contributed by atoms with Gasteiger partial charge in [0.15, 0.2) is 18.1 Å². The van der Waals surface area contributed by atoms with E-state index in [0.29, 0.717) is 5.56 Å². The number of anilines is 1. The highest BCUT2D eigenvalue weighted by Gasteiger charge is 2.52. The minimum absolute atomic E-state index is 0.0947. The summed E-state index contributed by atoms with van der Waals surface area (Å²) in [6.45, 7) is -2.05. The van der Waals surface area contributed by atoms with Gasteiger partial charge in [-0.05, 0) is 23.3 Å². The van der Waals surface area contributed by atoms with Gasteiger partial charge in [-0.25, -0.2) is 0 Å². The topological polar surface area (TPSA) is 467 Å². The number of nitrogens with one attached hydrogen (secondary N) is 8. The number of ether oxygens (including phenoxy) is 1. The number of rotatable bonds is 13. The fourth-order valence-electron chi connectivity index (χ4n) is 8.60. The Bertz CT molecular complexity index is 2380. The number of nitrogens with zero attached hydrogens (tertiary/aromatic N) is 3. The van der Waals surface area contributed by atoms with Gasteiger partial charge in [-0.3, -0.25) is 43.5 Å². The molecule has 2 aromatic carbocycles. The van der Waals surface area contributed by atoms with E-state index in [9.17, 15) is 74.4 Å². The molecule has 20 N–H and O–H groups in total.